The fourth-order valence-corrected chi connectivity index (χ4v) is 4.64. The molecular formula is C29H24N2O9. The molecule has 0 aliphatic heterocycles. The predicted octanol–water partition coefficient (Wildman–Crippen LogP) is 5.25. The monoisotopic (exact) mass is 544 g/mol. The highest BCUT2D eigenvalue weighted by Gasteiger charge is 2.34. The maximum Gasteiger partial charge on any atom is 0.314 e. The zero-order valence-corrected chi connectivity index (χ0v) is 20.9. The average Bonchev–Trinajstić information content (AvgIpc) is 2.93. The number of phenolic OH excluding ortho intramolecular Hbond substituents is 4. The smallest absolute Gasteiger partial charge is 0.314 e. The fraction of sp³-hybridized carbons (Fsp3) is 0.138. The van der Waals surface area contributed by atoms with E-state index in [4.69, 9.17) is 0 Å². The van der Waals surface area contributed by atoms with Crippen LogP contribution in [0.1, 0.15) is 34.1 Å². The van der Waals surface area contributed by atoms with Gasteiger partial charge in [-0.1, -0.05) is 60.7 Å². The summed E-state index contributed by atoms with van der Waals surface area (Å²) in [6.45, 7) is 0. The number of nitro benzene ring substituents is 2. The Morgan fingerprint density at radius 1 is 0.625 bits per heavy atom. The summed E-state index contributed by atoms with van der Waals surface area (Å²) >= 11 is 0. The SMILES string of the molecule is O=C(C(Cc1ccccc1)c1cc(O)c(O)c([N+](=O)[O-])c1)C(Cc1ccccc1)c1cc(O)c(O)c([N+](=O)[O-])c1. The molecule has 0 aliphatic rings. The van der Waals surface area contributed by atoms with Crippen molar-refractivity contribution in [2.24, 2.45) is 0 Å². The van der Waals surface area contributed by atoms with Gasteiger partial charge in [-0.05, 0) is 47.2 Å². The second-order valence-electron chi connectivity index (χ2n) is 9.22. The highest BCUT2D eigenvalue weighted by molar-refractivity contribution is 5.93. The van der Waals surface area contributed by atoms with Gasteiger partial charge < -0.3 is 20.4 Å². The lowest BCUT2D eigenvalue weighted by atomic mass is 9.77. The van der Waals surface area contributed by atoms with E-state index in [1.807, 2.05) is 0 Å². The van der Waals surface area contributed by atoms with Crippen LogP contribution in [-0.2, 0) is 17.6 Å². The number of phenols is 4. The summed E-state index contributed by atoms with van der Waals surface area (Å²) < 4.78 is 0. The molecule has 40 heavy (non-hydrogen) atoms. The van der Waals surface area contributed by atoms with Gasteiger partial charge in [0.05, 0.1) is 9.85 Å². The molecule has 4 N–H and O–H groups in total. The van der Waals surface area contributed by atoms with Crippen molar-refractivity contribution in [3.8, 4) is 23.0 Å². The van der Waals surface area contributed by atoms with E-state index in [9.17, 15) is 45.4 Å². The fourth-order valence-electron chi connectivity index (χ4n) is 4.64. The molecule has 0 fully saturated rings. The second-order valence-corrected chi connectivity index (χ2v) is 9.22. The summed E-state index contributed by atoms with van der Waals surface area (Å²) in [7, 11) is 0. The first-order valence-electron chi connectivity index (χ1n) is 12.1. The van der Waals surface area contributed by atoms with Crippen LogP contribution in [0.3, 0.4) is 0 Å². The Bertz CT molecular complexity index is 1460. The minimum atomic E-state index is -1.11. The van der Waals surface area contributed by atoms with Crippen LogP contribution >= 0.6 is 0 Å². The van der Waals surface area contributed by atoms with Crippen LogP contribution in [0.15, 0.2) is 84.9 Å². The molecule has 4 aromatic carbocycles. The maximum atomic E-state index is 14.4. The number of benzene rings is 4. The Hall–Kier alpha value is -5.45. The molecule has 2 atom stereocenters. The topological polar surface area (TPSA) is 184 Å². The molecule has 11 nitrogen and oxygen atoms in total. The van der Waals surface area contributed by atoms with Crippen LogP contribution in [0.4, 0.5) is 11.4 Å². The number of aromatic hydroxyl groups is 4. The Labute approximate surface area is 227 Å². The molecule has 2 unspecified atom stereocenters. The number of nitrogens with zero attached hydrogens (tertiary/aromatic N) is 2. The summed E-state index contributed by atoms with van der Waals surface area (Å²) in [5.41, 5.74) is -0.113. The number of rotatable bonds is 10. The zero-order valence-electron chi connectivity index (χ0n) is 20.9. The first-order valence-corrected chi connectivity index (χ1v) is 12.1. The summed E-state index contributed by atoms with van der Waals surface area (Å²) in [5, 5.41) is 63.8. The van der Waals surface area contributed by atoms with Crippen molar-refractivity contribution in [1.82, 2.24) is 0 Å². The van der Waals surface area contributed by atoms with Crippen molar-refractivity contribution >= 4 is 17.2 Å². The van der Waals surface area contributed by atoms with Crippen LogP contribution in [0.5, 0.6) is 23.0 Å². The zero-order chi connectivity index (χ0) is 29.0. The molecule has 0 radical (unpaired) electrons. The first-order chi connectivity index (χ1) is 19.1. The standard InChI is InChI=1S/C29H24N2O9/c32-25-15-19(13-23(28(25)35)30(37)38)21(11-17-7-3-1-4-8-17)27(34)22(12-18-9-5-2-6-10-18)20-14-24(31(39)40)29(36)26(33)16-20/h1-10,13-16,21-22,32-33,35-36H,11-12H2. The maximum absolute atomic E-state index is 14.4. The Morgan fingerprint density at radius 3 is 1.30 bits per heavy atom. The van der Waals surface area contributed by atoms with Gasteiger partial charge in [-0.2, -0.15) is 0 Å². The molecule has 204 valence electrons. The highest BCUT2D eigenvalue weighted by atomic mass is 16.6. The van der Waals surface area contributed by atoms with Crippen molar-refractivity contribution in [3.05, 3.63) is 127 Å². The molecular weight excluding hydrogens is 520 g/mol. The van der Waals surface area contributed by atoms with Gasteiger partial charge in [0.25, 0.3) is 0 Å². The number of hydrogen-bond acceptors (Lipinski definition) is 9. The third-order valence-electron chi connectivity index (χ3n) is 6.63. The van der Waals surface area contributed by atoms with E-state index < -0.39 is 61.8 Å². The van der Waals surface area contributed by atoms with Crippen LogP contribution in [-0.4, -0.2) is 36.1 Å². The third-order valence-corrected chi connectivity index (χ3v) is 6.63. The van der Waals surface area contributed by atoms with Crippen LogP contribution in [0.25, 0.3) is 0 Å². The minimum absolute atomic E-state index is 0.0402. The first kappa shape index (κ1) is 27.6. The lowest BCUT2D eigenvalue weighted by Gasteiger charge is -2.24. The quantitative estimate of drug-likeness (QED) is 0.118. The number of ketones is 1. The van der Waals surface area contributed by atoms with Crippen molar-refractivity contribution in [3.63, 3.8) is 0 Å². The molecule has 0 amide bonds. The molecule has 0 aromatic heterocycles. The summed E-state index contributed by atoms with van der Waals surface area (Å²) in [4.78, 5) is 35.8. The molecule has 0 spiro atoms. The van der Waals surface area contributed by atoms with Crippen LogP contribution in [0, 0.1) is 20.2 Å². The Morgan fingerprint density at radius 2 is 0.975 bits per heavy atom. The van der Waals surface area contributed by atoms with E-state index in [0.717, 1.165) is 24.3 Å². The Kier molecular flexibility index (Phi) is 7.94. The normalized spacial score (nSPS) is 12.4. The lowest BCUT2D eigenvalue weighted by molar-refractivity contribution is -0.386. The molecule has 0 saturated heterocycles. The van der Waals surface area contributed by atoms with Gasteiger partial charge >= 0.3 is 11.4 Å². The molecule has 0 aliphatic carbocycles. The highest BCUT2D eigenvalue weighted by Crippen LogP contribution is 2.43. The van der Waals surface area contributed by atoms with Gasteiger partial charge in [0.1, 0.15) is 5.78 Å². The second kappa shape index (κ2) is 11.5. The van der Waals surface area contributed by atoms with Gasteiger partial charge in [0, 0.05) is 24.0 Å². The largest absolute Gasteiger partial charge is 0.504 e. The number of hydrogen-bond donors (Lipinski definition) is 4. The van der Waals surface area contributed by atoms with Gasteiger partial charge in [0.15, 0.2) is 11.5 Å². The molecule has 0 bridgehead atoms. The van der Waals surface area contributed by atoms with E-state index in [1.165, 1.54) is 0 Å². The van der Waals surface area contributed by atoms with E-state index in [-0.39, 0.29) is 24.0 Å². The van der Waals surface area contributed by atoms with Crippen molar-refractivity contribution in [2.75, 3.05) is 0 Å². The number of carbonyl (C=O) groups is 1. The number of carbonyl (C=O) groups excluding carboxylic acids is 1. The molecule has 0 heterocycles. The third kappa shape index (κ3) is 5.83. The number of Topliss-reactive ketones (excluding diaryl/α,β-unsaturated/α-hetero) is 1. The molecule has 4 rings (SSSR count). The van der Waals surface area contributed by atoms with Gasteiger partial charge in [-0.15, -0.1) is 0 Å². The van der Waals surface area contributed by atoms with E-state index in [1.54, 1.807) is 60.7 Å². The van der Waals surface area contributed by atoms with Gasteiger partial charge in [-0.3, -0.25) is 25.0 Å². The molecule has 0 saturated carbocycles. The van der Waals surface area contributed by atoms with Crippen LogP contribution < -0.4 is 0 Å². The summed E-state index contributed by atoms with van der Waals surface area (Å²) in [6.07, 6.45) is 0.0803. The minimum Gasteiger partial charge on any atom is -0.504 e. The number of nitro groups is 2. The summed E-state index contributed by atoms with van der Waals surface area (Å²) in [6, 6.07) is 21.7. The molecule has 11 heteroatoms. The average molecular weight is 545 g/mol. The molecule has 4 aromatic rings. The van der Waals surface area contributed by atoms with E-state index >= 15 is 0 Å². The van der Waals surface area contributed by atoms with Gasteiger partial charge in [-0.25, -0.2) is 0 Å². The Balaban J connectivity index is 1.91. The van der Waals surface area contributed by atoms with E-state index in [2.05, 4.69) is 0 Å². The van der Waals surface area contributed by atoms with Gasteiger partial charge in [0.2, 0.25) is 11.5 Å². The predicted molar refractivity (Wildman–Crippen MR) is 144 cm³/mol. The van der Waals surface area contributed by atoms with E-state index in [0.29, 0.717) is 11.1 Å². The van der Waals surface area contributed by atoms with Crippen molar-refractivity contribution in [1.29, 1.82) is 0 Å². The van der Waals surface area contributed by atoms with Crippen LogP contribution in [0.2, 0.25) is 0 Å². The van der Waals surface area contributed by atoms with Crippen molar-refractivity contribution < 1.29 is 35.1 Å². The van der Waals surface area contributed by atoms with Crippen molar-refractivity contribution in [2.45, 2.75) is 24.7 Å². The summed E-state index contributed by atoms with van der Waals surface area (Å²) in [5.74, 6) is -6.21. The lowest BCUT2D eigenvalue weighted by Crippen LogP contribution is -2.24.